The molecule has 0 fully saturated rings. The molecule has 0 spiro atoms. The second kappa shape index (κ2) is 7.50. The van der Waals surface area contributed by atoms with E-state index in [9.17, 15) is 9.59 Å². The van der Waals surface area contributed by atoms with E-state index in [0.717, 1.165) is 5.39 Å². The van der Waals surface area contributed by atoms with Gasteiger partial charge in [0, 0.05) is 10.9 Å². The second-order valence-corrected chi connectivity index (χ2v) is 5.22. The number of carbonyl (C=O) groups is 2. The summed E-state index contributed by atoms with van der Waals surface area (Å²) >= 11 is 0. The second-order valence-electron chi connectivity index (χ2n) is 5.22. The topological polar surface area (TPSA) is 101 Å². The van der Waals surface area contributed by atoms with Crippen LogP contribution in [0.1, 0.15) is 20.9 Å². The van der Waals surface area contributed by atoms with Crippen LogP contribution in [0.4, 0.5) is 0 Å². The van der Waals surface area contributed by atoms with Crippen molar-refractivity contribution in [3.05, 3.63) is 65.9 Å². The van der Waals surface area contributed by atoms with E-state index in [4.69, 9.17) is 14.4 Å². The number of ether oxygens (including phenoxy) is 1. The lowest BCUT2D eigenvalue weighted by atomic mass is 10.2. The molecule has 7 nitrogen and oxygen atoms in total. The number of furan rings is 1. The predicted octanol–water partition coefficient (Wildman–Crippen LogP) is 2.36. The van der Waals surface area contributed by atoms with Crippen LogP contribution in [0.25, 0.3) is 11.0 Å². The number of para-hydroxylation sites is 1. The van der Waals surface area contributed by atoms with Crippen molar-refractivity contribution in [3.8, 4) is 5.75 Å². The summed E-state index contributed by atoms with van der Waals surface area (Å²) in [5, 5.41) is 12.1. The molecule has 0 saturated carbocycles. The molecule has 0 aliphatic carbocycles. The molecule has 25 heavy (non-hydrogen) atoms. The minimum absolute atomic E-state index is 0.251. The van der Waals surface area contributed by atoms with Gasteiger partial charge in [-0.25, -0.2) is 5.48 Å². The van der Waals surface area contributed by atoms with Crippen LogP contribution in [0.5, 0.6) is 5.75 Å². The van der Waals surface area contributed by atoms with E-state index in [0.29, 0.717) is 23.4 Å². The van der Waals surface area contributed by atoms with E-state index < -0.39 is 5.91 Å². The lowest BCUT2D eigenvalue weighted by molar-refractivity contribution is 0.0706. The molecule has 7 heteroatoms. The fourth-order valence-electron chi connectivity index (χ4n) is 2.28. The van der Waals surface area contributed by atoms with Gasteiger partial charge in [-0.2, -0.15) is 0 Å². The van der Waals surface area contributed by atoms with Crippen LogP contribution in [0.15, 0.2) is 59.0 Å². The number of fused-ring (bicyclic) bond motifs is 1. The molecule has 1 aromatic heterocycles. The van der Waals surface area contributed by atoms with Crippen molar-refractivity contribution in [3.63, 3.8) is 0 Å². The Morgan fingerprint density at radius 3 is 2.52 bits per heavy atom. The highest BCUT2D eigenvalue weighted by Crippen LogP contribution is 2.18. The predicted molar refractivity (Wildman–Crippen MR) is 89.7 cm³/mol. The molecule has 0 radical (unpaired) electrons. The lowest BCUT2D eigenvalue weighted by Gasteiger charge is -2.07. The van der Waals surface area contributed by atoms with Crippen molar-refractivity contribution in [1.29, 1.82) is 0 Å². The van der Waals surface area contributed by atoms with Gasteiger partial charge in [0.05, 0.1) is 6.54 Å². The Bertz CT molecular complexity index is 853. The highest BCUT2D eigenvalue weighted by Gasteiger charge is 2.11. The molecule has 3 aromatic rings. The molecule has 3 rings (SSSR count). The van der Waals surface area contributed by atoms with Gasteiger partial charge in [0.15, 0.2) is 5.76 Å². The van der Waals surface area contributed by atoms with E-state index in [2.05, 4.69) is 5.32 Å². The van der Waals surface area contributed by atoms with Crippen LogP contribution < -0.4 is 15.5 Å². The molecule has 3 N–H and O–H groups in total. The number of amides is 2. The van der Waals surface area contributed by atoms with Gasteiger partial charge in [-0.05, 0) is 36.4 Å². The summed E-state index contributed by atoms with van der Waals surface area (Å²) in [7, 11) is 0. The Hall–Kier alpha value is -3.32. The van der Waals surface area contributed by atoms with E-state index in [1.807, 2.05) is 18.2 Å². The van der Waals surface area contributed by atoms with Crippen LogP contribution in [-0.2, 0) is 0 Å². The van der Waals surface area contributed by atoms with Crippen molar-refractivity contribution in [2.24, 2.45) is 0 Å². The van der Waals surface area contributed by atoms with Crippen molar-refractivity contribution in [2.75, 3.05) is 13.2 Å². The summed E-state index contributed by atoms with van der Waals surface area (Å²) in [6.45, 7) is 0.562. The number of hydrogen-bond donors (Lipinski definition) is 3. The number of benzene rings is 2. The van der Waals surface area contributed by atoms with E-state index >= 15 is 0 Å². The number of carbonyl (C=O) groups excluding carboxylic acids is 2. The first-order valence-corrected chi connectivity index (χ1v) is 7.61. The maximum Gasteiger partial charge on any atom is 0.287 e. The molecule has 0 atom stereocenters. The van der Waals surface area contributed by atoms with Gasteiger partial charge >= 0.3 is 0 Å². The Morgan fingerprint density at radius 1 is 1.04 bits per heavy atom. The number of rotatable bonds is 6. The van der Waals surface area contributed by atoms with Gasteiger partial charge in [-0.3, -0.25) is 14.8 Å². The normalized spacial score (nSPS) is 10.4. The smallest absolute Gasteiger partial charge is 0.287 e. The third-order valence-electron chi connectivity index (χ3n) is 3.52. The standard InChI is InChI=1S/C18H16N2O5/c21-17(20-23)12-5-7-14(8-6-12)24-10-9-19-18(22)16-11-13-3-1-2-4-15(13)25-16/h1-8,11,23H,9-10H2,(H,19,22)(H,20,21). The van der Waals surface area contributed by atoms with Gasteiger partial charge in [-0.15, -0.1) is 0 Å². The Labute approximate surface area is 143 Å². The summed E-state index contributed by atoms with van der Waals surface area (Å²) in [5.41, 5.74) is 2.53. The van der Waals surface area contributed by atoms with Crippen molar-refractivity contribution in [2.45, 2.75) is 0 Å². The zero-order valence-electron chi connectivity index (χ0n) is 13.2. The molecule has 1 heterocycles. The first-order valence-electron chi connectivity index (χ1n) is 7.61. The maximum atomic E-state index is 12.0. The molecule has 2 aromatic carbocycles. The van der Waals surface area contributed by atoms with Crippen LogP contribution in [-0.4, -0.2) is 30.2 Å². The van der Waals surface area contributed by atoms with E-state index in [-0.39, 0.29) is 18.3 Å². The van der Waals surface area contributed by atoms with Crippen LogP contribution in [0.3, 0.4) is 0 Å². The average molecular weight is 340 g/mol. The molecule has 0 aliphatic rings. The summed E-state index contributed by atoms with van der Waals surface area (Å²) in [5.74, 6) is -0.104. The van der Waals surface area contributed by atoms with E-state index in [1.165, 1.54) is 12.1 Å². The van der Waals surface area contributed by atoms with Gasteiger partial charge in [0.2, 0.25) is 0 Å². The van der Waals surface area contributed by atoms with Gasteiger partial charge in [0.1, 0.15) is 17.9 Å². The fourth-order valence-corrected chi connectivity index (χ4v) is 2.28. The van der Waals surface area contributed by atoms with E-state index in [1.54, 1.807) is 29.7 Å². The zero-order valence-corrected chi connectivity index (χ0v) is 13.2. The van der Waals surface area contributed by atoms with Gasteiger partial charge in [-0.1, -0.05) is 18.2 Å². The van der Waals surface area contributed by atoms with Gasteiger partial charge < -0.3 is 14.5 Å². The first-order chi connectivity index (χ1) is 12.2. The fraction of sp³-hybridized carbons (Fsp3) is 0.111. The molecule has 0 aliphatic heterocycles. The highest BCUT2D eigenvalue weighted by atomic mass is 16.5. The summed E-state index contributed by atoms with van der Waals surface area (Å²) < 4.78 is 11.0. The lowest BCUT2D eigenvalue weighted by Crippen LogP contribution is -2.27. The summed E-state index contributed by atoms with van der Waals surface area (Å²) in [4.78, 5) is 23.3. The SMILES string of the molecule is O=C(NO)c1ccc(OCCNC(=O)c2cc3ccccc3o2)cc1. The largest absolute Gasteiger partial charge is 0.492 e. The van der Waals surface area contributed by atoms with Gasteiger partial charge in [0.25, 0.3) is 11.8 Å². The van der Waals surface area contributed by atoms with Crippen LogP contribution >= 0.6 is 0 Å². The quantitative estimate of drug-likeness (QED) is 0.363. The van der Waals surface area contributed by atoms with Crippen LogP contribution in [0.2, 0.25) is 0 Å². The molecule has 0 saturated heterocycles. The third kappa shape index (κ3) is 3.96. The summed E-state index contributed by atoms with van der Waals surface area (Å²) in [6.07, 6.45) is 0. The summed E-state index contributed by atoms with van der Waals surface area (Å²) in [6, 6.07) is 15.3. The van der Waals surface area contributed by atoms with Crippen molar-refractivity contribution < 1.29 is 24.0 Å². The molecular formula is C18H16N2O5. The number of hydroxylamine groups is 1. The Morgan fingerprint density at radius 2 is 1.80 bits per heavy atom. The Balaban J connectivity index is 1.47. The highest BCUT2D eigenvalue weighted by molar-refractivity contribution is 5.96. The van der Waals surface area contributed by atoms with Crippen molar-refractivity contribution in [1.82, 2.24) is 10.8 Å². The molecule has 0 unspecified atom stereocenters. The third-order valence-corrected chi connectivity index (χ3v) is 3.52. The molecule has 128 valence electrons. The Kier molecular flexibility index (Phi) is 4.96. The minimum atomic E-state index is -0.593. The van der Waals surface area contributed by atoms with Crippen LogP contribution in [0, 0.1) is 0 Å². The number of nitrogens with one attached hydrogen (secondary N) is 2. The molecule has 0 bridgehead atoms. The average Bonchev–Trinajstić information content (AvgIpc) is 3.09. The molecular weight excluding hydrogens is 324 g/mol. The maximum absolute atomic E-state index is 12.0. The van der Waals surface area contributed by atoms with Crippen molar-refractivity contribution >= 4 is 22.8 Å². The monoisotopic (exact) mass is 340 g/mol. The molecule has 2 amide bonds. The number of hydrogen-bond acceptors (Lipinski definition) is 5. The minimum Gasteiger partial charge on any atom is -0.492 e. The first kappa shape index (κ1) is 16.5. The zero-order chi connectivity index (χ0) is 17.6.